The average Bonchev–Trinajstić information content (AvgIpc) is 2.51. The Bertz CT molecular complexity index is 745. The van der Waals surface area contributed by atoms with Crippen molar-refractivity contribution in [3.8, 4) is 11.5 Å². The van der Waals surface area contributed by atoms with E-state index in [4.69, 9.17) is 20.3 Å². The van der Waals surface area contributed by atoms with E-state index in [0.29, 0.717) is 36.1 Å². The molecule has 2 rings (SSSR count). The van der Waals surface area contributed by atoms with E-state index in [1.54, 1.807) is 27.3 Å². The lowest BCUT2D eigenvalue weighted by Gasteiger charge is -2.42. The third kappa shape index (κ3) is 4.74. The van der Waals surface area contributed by atoms with Crippen molar-refractivity contribution < 1.29 is 17.9 Å². The van der Waals surface area contributed by atoms with E-state index in [2.05, 4.69) is 14.6 Å². The molecule has 0 aromatic heterocycles. The summed E-state index contributed by atoms with van der Waals surface area (Å²) in [5.41, 5.74) is 7.47. The van der Waals surface area contributed by atoms with Gasteiger partial charge in [0.25, 0.3) is 10.2 Å². The average molecular weight is 371 g/mol. The molecule has 0 saturated carbocycles. The van der Waals surface area contributed by atoms with Crippen LogP contribution in [0.15, 0.2) is 17.1 Å². The van der Waals surface area contributed by atoms with Crippen LogP contribution in [-0.4, -0.2) is 60.1 Å². The number of hydrogen-bond donors (Lipinski definition) is 3. The van der Waals surface area contributed by atoms with Crippen molar-refractivity contribution in [2.24, 2.45) is 16.0 Å². The Morgan fingerprint density at radius 2 is 1.92 bits per heavy atom. The topological polar surface area (TPSA) is 132 Å². The summed E-state index contributed by atoms with van der Waals surface area (Å²) in [4.78, 5) is 6.46. The fourth-order valence-corrected chi connectivity index (χ4v) is 3.25. The number of nitrogens with one attached hydrogen (secondary N) is 1. The first-order valence-corrected chi connectivity index (χ1v) is 9.34. The minimum Gasteiger partial charge on any atom is -0.493 e. The van der Waals surface area contributed by atoms with Crippen molar-refractivity contribution in [2.75, 3.05) is 46.6 Å². The van der Waals surface area contributed by atoms with E-state index in [-0.39, 0.29) is 0 Å². The number of likely N-dealkylation sites (tertiary alicyclic amines) is 1. The zero-order chi connectivity index (χ0) is 18.6. The molecule has 9 nitrogen and oxygen atoms in total. The molecule has 140 valence electrons. The molecule has 1 aromatic rings. The minimum atomic E-state index is -3.63. The van der Waals surface area contributed by atoms with Crippen LogP contribution in [0.3, 0.4) is 0 Å². The molecule has 1 saturated heterocycles. The second-order valence-electron chi connectivity index (χ2n) is 5.84. The van der Waals surface area contributed by atoms with E-state index in [0.717, 1.165) is 24.5 Å². The van der Waals surface area contributed by atoms with Crippen LogP contribution < -0.4 is 25.1 Å². The summed E-state index contributed by atoms with van der Waals surface area (Å²) in [6, 6.07) is 3.53. The van der Waals surface area contributed by atoms with Crippen molar-refractivity contribution in [1.29, 1.82) is 0 Å². The molecular weight excluding hydrogens is 346 g/mol. The molecule has 1 aliphatic heterocycles. The SMILES string of the molecule is CN=C(c1cc(OC)c(OC)cc1N)N1CC(CCNS(N)(=O)=O)C1. The maximum absolute atomic E-state index is 10.9. The summed E-state index contributed by atoms with van der Waals surface area (Å²) in [5, 5.41) is 4.92. The summed E-state index contributed by atoms with van der Waals surface area (Å²) in [7, 11) is 1.20. The molecule has 0 radical (unpaired) electrons. The number of amidine groups is 1. The van der Waals surface area contributed by atoms with Gasteiger partial charge in [-0.2, -0.15) is 8.42 Å². The normalized spacial score (nSPS) is 15.8. The van der Waals surface area contributed by atoms with Gasteiger partial charge in [0.15, 0.2) is 11.5 Å². The standard InChI is InChI=1S/C15H25N5O4S/c1-18-15(11-6-13(23-2)14(24-3)7-12(11)16)20-8-10(9-20)4-5-19-25(17,21)22/h6-7,10,19H,4-5,8-9,16H2,1-3H3,(H2,17,21,22). The van der Waals surface area contributed by atoms with Crippen molar-refractivity contribution in [3.63, 3.8) is 0 Å². The Labute approximate surface area is 148 Å². The molecule has 1 heterocycles. The van der Waals surface area contributed by atoms with Gasteiger partial charge in [0, 0.05) is 44.0 Å². The van der Waals surface area contributed by atoms with Crippen molar-refractivity contribution >= 4 is 21.7 Å². The molecule has 0 bridgehead atoms. The molecule has 1 aliphatic rings. The van der Waals surface area contributed by atoms with Gasteiger partial charge in [-0.1, -0.05) is 0 Å². The van der Waals surface area contributed by atoms with Crippen LogP contribution >= 0.6 is 0 Å². The minimum absolute atomic E-state index is 0.328. The molecule has 0 spiro atoms. The first kappa shape index (κ1) is 19.3. The first-order valence-electron chi connectivity index (χ1n) is 7.80. The Morgan fingerprint density at radius 1 is 1.32 bits per heavy atom. The van der Waals surface area contributed by atoms with Gasteiger partial charge in [-0.05, 0) is 18.4 Å². The summed E-state index contributed by atoms with van der Waals surface area (Å²) in [6.45, 7) is 1.87. The van der Waals surface area contributed by atoms with E-state index in [1.807, 2.05) is 6.07 Å². The lowest BCUT2D eigenvalue weighted by molar-refractivity contribution is 0.179. The van der Waals surface area contributed by atoms with Gasteiger partial charge in [0.05, 0.1) is 14.2 Å². The summed E-state index contributed by atoms with van der Waals surface area (Å²) in [6.07, 6.45) is 0.714. The highest BCUT2D eigenvalue weighted by Crippen LogP contribution is 2.34. The second kappa shape index (κ2) is 7.89. The van der Waals surface area contributed by atoms with Crippen LogP contribution in [-0.2, 0) is 10.2 Å². The van der Waals surface area contributed by atoms with E-state index in [9.17, 15) is 8.42 Å². The number of hydrogen-bond acceptors (Lipinski definition) is 6. The molecule has 10 heteroatoms. The second-order valence-corrected chi connectivity index (χ2v) is 7.22. The predicted octanol–water partition coefficient (Wildman–Crippen LogP) is -0.223. The largest absolute Gasteiger partial charge is 0.493 e. The summed E-state index contributed by atoms with van der Waals surface area (Å²) in [5.74, 6) is 2.29. The maximum atomic E-state index is 10.9. The van der Waals surface area contributed by atoms with Gasteiger partial charge in [-0.3, -0.25) is 4.99 Å². The highest BCUT2D eigenvalue weighted by molar-refractivity contribution is 7.87. The number of methoxy groups -OCH3 is 2. The van der Waals surface area contributed by atoms with Crippen molar-refractivity contribution in [1.82, 2.24) is 9.62 Å². The highest BCUT2D eigenvalue weighted by atomic mass is 32.2. The number of nitrogen functional groups attached to an aromatic ring is 1. The Kier molecular flexibility index (Phi) is 6.09. The van der Waals surface area contributed by atoms with E-state index in [1.165, 1.54) is 0 Å². The number of rotatable bonds is 7. The molecule has 25 heavy (non-hydrogen) atoms. The monoisotopic (exact) mass is 371 g/mol. The third-order valence-electron chi connectivity index (χ3n) is 4.12. The van der Waals surface area contributed by atoms with Gasteiger partial charge in [-0.15, -0.1) is 0 Å². The van der Waals surface area contributed by atoms with Crippen LogP contribution in [0, 0.1) is 5.92 Å². The predicted molar refractivity (Wildman–Crippen MR) is 97.2 cm³/mol. The van der Waals surface area contributed by atoms with Crippen LogP contribution in [0.5, 0.6) is 11.5 Å². The lowest BCUT2D eigenvalue weighted by atomic mass is 9.95. The molecule has 0 atom stereocenters. The molecule has 0 unspecified atom stereocenters. The quantitative estimate of drug-likeness (QED) is 0.345. The van der Waals surface area contributed by atoms with Crippen molar-refractivity contribution in [3.05, 3.63) is 17.7 Å². The van der Waals surface area contributed by atoms with E-state index < -0.39 is 10.2 Å². The Morgan fingerprint density at radius 3 is 2.44 bits per heavy atom. The van der Waals surface area contributed by atoms with Crippen LogP contribution in [0.4, 0.5) is 5.69 Å². The van der Waals surface area contributed by atoms with Gasteiger partial charge in [-0.25, -0.2) is 9.86 Å². The van der Waals surface area contributed by atoms with Gasteiger partial charge < -0.3 is 20.1 Å². The summed E-state index contributed by atoms with van der Waals surface area (Å²) < 4.78 is 34.6. The smallest absolute Gasteiger partial charge is 0.274 e. The third-order valence-corrected chi connectivity index (χ3v) is 4.73. The molecule has 0 amide bonds. The maximum Gasteiger partial charge on any atom is 0.274 e. The highest BCUT2D eigenvalue weighted by Gasteiger charge is 2.30. The molecule has 1 aromatic carbocycles. The number of benzene rings is 1. The fourth-order valence-electron chi connectivity index (χ4n) is 2.85. The number of aliphatic imine (C=N–C) groups is 1. The van der Waals surface area contributed by atoms with Gasteiger partial charge in [0.1, 0.15) is 5.84 Å². The molecule has 5 N–H and O–H groups in total. The number of ether oxygens (including phenoxy) is 2. The first-order chi connectivity index (χ1) is 11.8. The zero-order valence-corrected chi connectivity index (χ0v) is 15.5. The van der Waals surface area contributed by atoms with E-state index >= 15 is 0 Å². The van der Waals surface area contributed by atoms with Crippen LogP contribution in [0.25, 0.3) is 0 Å². The number of nitrogens with zero attached hydrogens (tertiary/aromatic N) is 2. The van der Waals surface area contributed by atoms with Gasteiger partial charge >= 0.3 is 0 Å². The summed E-state index contributed by atoms with van der Waals surface area (Å²) >= 11 is 0. The van der Waals surface area contributed by atoms with Crippen LogP contribution in [0.1, 0.15) is 12.0 Å². The Balaban J connectivity index is 2.03. The lowest BCUT2D eigenvalue weighted by Crippen LogP contribution is -2.51. The van der Waals surface area contributed by atoms with Crippen LogP contribution in [0.2, 0.25) is 0 Å². The van der Waals surface area contributed by atoms with Gasteiger partial charge in [0.2, 0.25) is 0 Å². The fraction of sp³-hybridized carbons (Fsp3) is 0.533. The number of nitrogens with two attached hydrogens (primary N) is 2. The zero-order valence-electron chi connectivity index (χ0n) is 14.7. The number of anilines is 1. The molecule has 0 aliphatic carbocycles. The Hall–Kier alpha value is -2.04. The molecule has 1 fully saturated rings. The van der Waals surface area contributed by atoms with Crippen molar-refractivity contribution in [2.45, 2.75) is 6.42 Å². The molecular formula is C15H25N5O4S.